The Bertz CT molecular complexity index is 2170. The number of benzene rings is 1. The maximum atomic E-state index is 13.3. The summed E-state index contributed by atoms with van der Waals surface area (Å²) in [5.41, 5.74) is 3.19. The number of hydrogen-bond donors (Lipinski definition) is 1. The number of carbonyl (C=O) groups is 2. The van der Waals surface area contributed by atoms with Gasteiger partial charge in [0, 0.05) is 40.6 Å². The summed E-state index contributed by atoms with van der Waals surface area (Å²) in [6.45, 7) is 16.6. The smallest absolute Gasteiger partial charge is 0.444 e. The molecule has 284 valence electrons. The van der Waals surface area contributed by atoms with Crippen LogP contribution in [-0.2, 0) is 31.7 Å². The van der Waals surface area contributed by atoms with E-state index in [1.165, 1.54) is 4.80 Å². The molecule has 0 bridgehead atoms. The normalized spacial score (nSPS) is 19.7. The molecule has 2 aliphatic rings. The topological polar surface area (TPSA) is 152 Å². The SMILES string of the molecule is Cc1ccc(-n2ncc(CC3CN(C(=O)OC(C)(C)C)C[C@H](Cn4cc(B5OC(C)(C)C(C)(C)O5)cn4)O3)n2)cc1NC(=O)c1cnn2ccc(Br)cc12. The van der Waals surface area contributed by atoms with Crippen LogP contribution in [0.4, 0.5) is 10.5 Å². The summed E-state index contributed by atoms with van der Waals surface area (Å²) in [5, 5.41) is 21.2. The second kappa shape index (κ2) is 14.2. The van der Waals surface area contributed by atoms with Crippen molar-refractivity contribution in [3.05, 3.63) is 82.6 Å². The van der Waals surface area contributed by atoms with E-state index in [4.69, 9.17) is 23.9 Å². The highest BCUT2D eigenvalue weighted by Gasteiger charge is 2.52. The third kappa shape index (κ3) is 8.09. The van der Waals surface area contributed by atoms with Gasteiger partial charge < -0.3 is 29.0 Å². The molecular formula is C37H45BBrN9O6. The number of carbonyl (C=O) groups excluding carboxylic acids is 2. The van der Waals surface area contributed by atoms with Gasteiger partial charge in [-0.25, -0.2) is 9.31 Å². The average molecular weight is 803 g/mol. The summed E-state index contributed by atoms with van der Waals surface area (Å²) in [5.74, 6) is -0.282. The van der Waals surface area contributed by atoms with Crippen molar-refractivity contribution >= 4 is 51.7 Å². The molecule has 4 aromatic heterocycles. The fourth-order valence-corrected chi connectivity index (χ4v) is 6.67. The average Bonchev–Trinajstić information content (AvgIpc) is 3.87. The first-order valence-electron chi connectivity index (χ1n) is 17.9. The Morgan fingerprint density at radius 3 is 2.48 bits per heavy atom. The fraction of sp³-hybridized carbons (Fsp3) is 0.459. The van der Waals surface area contributed by atoms with Crippen LogP contribution in [0.1, 0.15) is 70.1 Å². The molecule has 2 amide bonds. The summed E-state index contributed by atoms with van der Waals surface area (Å²) in [7, 11) is -0.537. The van der Waals surface area contributed by atoms with Crippen molar-refractivity contribution in [2.75, 3.05) is 18.4 Å². The lowest BCUT2D eigenvalue weighted by Gasteiger charge is -2.38. The summed E-state index contributed by atoms with van der Waals surface area (Å²) >= 11 is 3.47. The first-order chi connectivity index (χ1) is 25.4. The number of aryl methyl sites for hydroxylation is 1. The molecule has 2 atom stereocenters. The second-order valence-corrected chi connectivity index (χ2v) is 16.8. The highest BCUT2D eigenvalue weighted by atomic mass is 79.9. The van der Waals surface area contributed by atoms with Gasteiger partial charge in [0.1, 0.15) is 5.60 Å². The van der Waals surface area contributed by atoms with E-state index in [2.05, 4.69) is 36.5 Å². The number of aromatic nitrogens is 7. The Morgan fingerprint density at radius 2 is 1.74 bits per heavy atom. The number of rotatable bonds is 8. The standard InChI is InChI=1S/C37H45BBrN9O6/c1-23-9-10-27(15-31(23)43-33(49)30-18-41-47-12-11-25(39)13-32(30)47)48-42-17-26(44-48)14-28-20-45(34(50)52-35(2,3)4)21-29(51-28)22-46-19-24(16-40-46)38-53-36(5,6)37(7,8)54-38/h9-13,15-19,28-29H,14,20-22H2,1-8H3,(H,43,49)/t28?,29-/m1/s1. The van der Waals surface area contributed by atoms with Crippen LogP contribution < -0.4 is 10.8 Å². The number of amides is 2. The number of halogens is 1. The van der Waals surface area contributed by atoms with E-state index < -0.39 is 36.1 Å². The molecule has 5 aromatic rings. The Labute approximate surface area is 322 Å². The van der Waals surface area contributed by atoms with Crippen LogP contribution >= 0.6 is 15.9 Å². The molecule has 2 aliphatic heterocycles. The first kappa shape index (κ1) is 37.7. The van der Waals surface area contributed by atoms with Crippen molar-refractivity contribution in [1.29, 1.82) is 0 Å². The van der Waals surface area contributed by atoms with Crippen molar-refractivity contribution in [1.82, 2.24) is 39.3 Å². The Kier molecular flexibility index (Phi) is 9.96. The molecule has 2 saturated heterocycles. The number of nitrogens with zero attached hydrogens (tertiary/aromatic N) is 8. The number of ether oxygens (including phenoxy) is 2. The maximum absolute atomic E-state index is 13.3. The van der Waals surface area contributed by atoms with E-state index in [9.17, 15) is 9.59 Å². The van der Waals surface area contributed by atoms with Crippen LogP contribution in [0.3, 0.4) is 0 Å². The molecule has 0 saturated carbocycles. The minimum atomic E-state index is -0.654. The highest BCUT2D eigenvalue weighted by molar-refractivity contribution is 9.10. The molecule has 15 nitrogen and oxygen atoms in total. The summed E-state index contributed by atoms with van der Waals surface area (Å²) < 4.78 is 29.0. The lowest BCUT2D eigenvalue weighted by atomic mass is 9.82. The minimum Gasteiger partial charge on any atom is -0.444 e. The van der Waals surface area contributed by atoms with Crippen LogP contribution in [0.2, 0.25) is 0 Å². The van der Waals surface area contributed by atoms with Gasteiger partial charge >= 0.3 is 13.2 Å². The summed E-state index contributed by atoms with van der Waals surface area (Å²) in [4.78, 5) is 29.9. The molecule has 1 unspecified atom stereocenters. The van der Waals surface area contributed by atoms with Gasteiger partial charge in [-0.3, -0.25) is 9.48 Å². The molecule has 0 spiro atoms. The molecule has 1 aromatic carbocycles. The van der Waals surface area contributed by atoms with Crippen LogP contribution in [0, 0.1) is 6.92 Å². The lowest BCUT2D eigenvalue weighted by molar-refractivity contribution is -0.0927. The minimum absolute atomic E-state index is 0.282. The third-order valence-electron chi connectivity index (χ3n) is 9.86. The second-order valence-electron chi connectivity index (χ2n) is 15.9. The van der Waals surface area contributed by atoms with Crippen molar-refractivity contribution in [2.45, 2.75) is 97.4 Å². The van der Waals surface area contributed by atoms with Gasteiger partial charge in [0.05, 0.1) is 77.9 Å². The monoisotopic (exact) mass is 801 g/mol. The van der Waals surface area contributed by atoms with Crippen molar-refractivity contribution in [2.24, 2.45) is 0 Å². The van der Waals surface area contributed by atoms with E-state index in [0.29, 0.717) is 54.2 Å². The molecule has 2 fully saturated rings. The van der Waals surface area contributed by atoms with Crippen molar-refractivity contribution in [3.63, 3.8) is 0 Å². The number of pyridine rings is 1. The molecule has 54 heavy (non-hydrogen) atoms. The molecule has 0 aliphatic carbocycles. The van der Waals surface area contributed by atoms with Crippen LogP contribution in [0.5, 0.6) is 0 Å². The number of anilines is 1. The highest BCUT2D eigenvalue weighted by Crippen LogP contribution is 2.36. The van der Waals surface area contributed by atoms with Gasteiger partial charge in [-0.2, -0.15) is 25.2 Å². The summed E-state index contributed by atoms with van der Waals surface area (Å²) in [6.07, 6.45) is 7.88. The number of fused-ring (bicyclic) bond motifs is 1. The van der Waals surface area contributed by atoms with Crippen LogP contribution in [-0.4, -0.2) is 101 Å². The van der Waals surface area contributed by atoms with E-state index in [-0.39, 0.29) is 12.0 Å². The molecule has 0 radical (unpaired) electrons. The molecule has 7 rings (SSSR count). The van der Waals surface area contributed by atoms with Crippen molar-refractivity contribution < 1.29 is 28.4 Å². The van der Waals surface area contributed by atoms with E-state index in [1.54, 1.807) is 38.9 Å². The summed E-state index contributed by atoms with van der Waals surface area (Å²) in [6, 6.07) is 9.33. The Hall–Kier alpha value is -4.58. The van der Waals surface area contributed by atoms with Crippen molar-refractivity contribution in [3.8, 4) is 5.69 Å². The Balaban J connectivity index is 1.05. The van der Waals surface area contributed by atoms with Gasteiger partial charge in [0.25, 0.3) is 5.91 Å². The predicted molar refractivity (Wildman–Crippen MR) is 205 cm³/mol. The van der Waals surface area contributed by atoms with Gasteiger partial charge in [0.15, 0.2) is 0 Å². The van der Waals surface area contributed by atoms with Gasteiger partial charge in [0.2, 0.25) is 0 Å². The molecule has 1 N–H and O–H groups in total. The van der Waals surface area contributed by atoms with Gasteiger partial charge in [-0.1, -0.05) is 22.0 Å². The van der Waals surface area contributed by atoms with Gasteiger partial charge in [-0.05, 0) is 85.2 Å². The first-order valence-corrected chi connectivity index (χ1v) is 18.7. The van der Waals surface area contributed by atoms with Crippen LogP contribution in [0.15, 0.2) is 65.8 Å². The van der Waals surface area contributed by atoms with E-state index in [1.807, 2.05) is 91.9 Å². The maximum Gasteiger partial charge on any atom is 0.498 e. The quantitative estimate of drug-likeness (QED) is 0.213. The zero-order chi connectivity index (χ0) is 38.6. The van der Waals surface area contributed by atoms with Crippen LogP contribution in [0.25, 0.3) is 11.2 Å². The third-order valence-corrected chi connectivity index (χ3v) is 10.4. The number of morpholine rings is 1. The molecule has 17 heteroatoms. The fourth-order valence-electron chi connectivity index (χ4n) is 6.34. The zero-order valence-corrected chi connectivity index (χ0v) is 33.3. The lowest BCUT2D eigenvalue weighted by Crippen LogP contribution is -2.53. The Morgan fingerprint density at radius 1 is 1.00 bits per heavy atom. The number of hydrogen-bond acceptors (Lipinski definition) is 10. The van der Waals surface area contributed by atoms with E-state index >= 15 is 0 Å². The van der Waals surface area contributed by atoms with Gasteiger partial charge in [-0.15, -0.1) is 0 Å². The predicted octanol–water partition coefficient (Wildman–Crippen LogP) is 4.98. The number of nitrogens with one attached hydrogen (secondary N) is 1. The van der Waals surface area contributed by atoms with E-state index in [0.717, 1.165) is 15.5 Å². The molecular weight excluding hydrogens is 757 g/mol. The molecule has 6 heterocycles. The largest absolute Gasteiger partial charge is 0.498 e. The zero-order valence-electron chi connectivity index (χ0n) is 31.7.